The summed E-state index contributed by atoms with van der Waals surface area (Å²) in [5.41, 5.74) is 9.38. The van der Waals surface area contributed by atoms with Crippen LogP contribution in [0.25, 0.3) is 16.7 Å². The number of aryl methyl sites for hydroxylation is 2. The van der Waals surface area contributed by atoms with Crippen LogP contribution >= 0.6 is 0 Å². The molecule has 0 bridgehead atoms. The first-order valence-corrected chi connectivity index (χ1v) is 8.32. The normalized spacial score (nSPS) is 12.3. The van der Waals surface area contributed by atoms with E-state index in [-0.39, 0.29) is 5.82 Å². The van der Waals surface area contributed by atoms with Gasteiger partial charge in [0, 0.05) is 5.56 Å². The predicted molar refractivity (Wildman–Crippen MR) is 99.3 cm³/mol. The number of halogens is 1. The summed E-state index contributed by atoms with van der Waals surface area (Å²) in [6.07, 6.45) is 0.991. The Morgan fingerprint density at radius 1 is 0.957 bits per heavy atom. The van der Waals surface area contributed by atoms with Crippen LogP contribution in [0.5, 0.6) is 0 Å². The summed E-state index contributed by atoms with van der Waals surface area (Å²) in [6.45, 7) is 14.4. The molecule has 0 spiro atoms. The van der Waals surface area contributed by atoms with Gasteiger partial charge in [-0.05, 0) is 86.9 Å². The summed E-state index contributed by atoms with van der Waals surface area (Å²) in [5, 5.41) is 0. The molecule has 0 aliphatic heterocycles. The maximum absolute atomic E-state index is 15.2. The van der Waals surface area contributed by atoms with Crippen LogP contribution < -0.4 is 0 Å². The van der Waals surface area contributed by atoms with Crippen molar-refractivity contribution in [2.75, 3.05) is 0 Å². The number of hydrogen-bond acceptors (Lipinski definition) is 0. The van der Waals surface area contributed by atoms with Gasteiger partial charge in [0.2, 0.25) is 0 Å². The monoisotopic (exact) mass is 310 g/mol. The molecule has 0 nitrogen and oxygen atoms in total. The summed E-state index contributed by atoms with van der Waals surface area (Å²) in [7, 11) is 0. The zero-order chi connectivity index (χ0) is 17.3. The first-order valence-electron chi connectivity index (χ1n) is 8.32. The van der Waals surface area contributed by atoms with Crippen LogP contribution in [-0.4, -0.2) is 0 Å². The fourth-order valence-electron chi connectivity index (χ4n) is 3.11. The molecule has 0 amide bonds. The van der Waals surface area contributed by atoms with Crippen LogP contribution in [0.1, 0.15) is 55.0 Å². The molecule has 122 valence electrons. The zero-order valence-electron chi connectivity index (χ0n) is 15.4. The van der Waals surface area contributed by atoms with E-state index in [1.807, 2.05) is 26.0 Å². The van der Waals surface area contributed by atoms with E-state index in [1.165, 1.54) is 16.7 Å². The van der Waals surface area contributed by atoms with Crippen molar-refractivity contribution >= 4 is 5.57 Å². The van der Waals surface area contributed by atoms with Crippen molar-refractivity contribution < 1.29 is 4.39 Å². The van der Waals surface area contributed by atoms with Crippen LogP contribution in [0.3, 0.4) is 0 Å². The Labute approximate surface area is 140 Å². The van der Waals surface area contributed by atoms with Crippen molar-refractivity contribution in [2.45, 2.75) is 54.9 Å². The average Bonchev–Trinajstić information content (AvgIpc) is 2.53. The van der Waals surface area contributed by atoms with E-state index in [2.05, 4.69) is 46.8 Å². The second-order valence-corrected chi connectivity index (χ2v) is 6.56. The fraction of sp³-hybridized carbons (Fsp3) is 0.364. The molecule has 2 aromatic carbocycles. The topological polar surface area (TPSA) is 0 Å². The highest BCUT2D eigenvalue weighted by atomic mass is 19.1. The standard InChI is InChI=1S/C22H27F/c1-8-13(2)16(5)20-12-15(4)21(22(23)18(20)7)19-11-9-10-14(3)17(19)6/h9-12H,8H2,1-7H3/b16-13-. The second-order valence-electron chi connectivity index (χ2n) is 6.56. The minimum absolute atomic E-state index is 0.0862. The minimum Gasteiger partial charge on any atom is -0.206 e. The third kappa shape index (κ3) is 3.10. The average molecular weight is 310 g/mol. The Morgan fingerprint density at radius 3 is 2.22 bits per heavy atom. The van der Waals surface area contributed by atoms with E-state index >= 15 is 4.39 Å². The molecular formula is C22H27F. The molecule has 2 rings (SSSR count). The molecule has 0 fully saturated rings. The molecule has 0 radical (unpaired) electrons. The van der Waals surface area contributed by atoms with E-state index in [4.69, 9.17) is 0 Å². The van der Waals surface area contributed by atoms with Crippen molar-refractivity contribution in [3.8, 4) is 11.1 Å². The highest BCUT2D eigenvalue weighted by Crippen LogP contribution is 2.36. The maximum atomic E-state index is 15.2. The van der Waals surface area contributed by atoms with Crippen molar-refractivity contribution in [3.63, 3.8) is 0 Å². The molecule has 2 aromatic rings. The summed E-state index contributed by atoms with van der Waals surface area (Å²) in [4.78, 5) is 0. The predicted octanol–water partition coefficient (Wildman–Crippen LogP) is 6.93. The molecule has 0 saturated heterocycles. The third-order valence-electron chi connectivity index (χ3n) is 5.16. The Morgan fingerprint density at radius 2 is 1.61 bits per heavy atom. The van der Waals surface area contributed by atoms with Crippen molar-refractivity contribution in [1.29, 1.82) is 0 Å². The number of hydrogen-bond donors (Lipinski definition) is 0. The highest BCUT2D eigenvalue weighted by Gasteiger charge is 2.18. The lowest BCUT2D eigenvalue weighted by atomic mass is 9.87. The fourth-order valence-corrected chi connectivity index (χ4v) is 3.11. The SMILES string of the molecule is CC/C(C)=C(/C)c1cc(C)c(-c2cccc(C)c2C)c(F)c1C. The van der Waals surface area contributed by atoms with Crippen LogP contribution in [0, 0.1) is 33.5 Å². The van der Waals surface area contributed by atoms with Crippen molar-refractivity contribution in [1.82, 2.24) is 0 Å². The molecule has 0 heterocycles. The van der Waals surface area contributed by atoms with Crippen molar-refractivity contribution in [3.05, 3.63) is 63.5 Å². The van der Waals surface area contributed by atoms with Crippen LogP contribution in [0.15, 0.2) is 29.8 Å². The third-order valence-corrected chi connectivity index (χ3v) is 5.16. The molecule has 0 aliphatic rings. The van der Waals surface area contributed by atoms with Gasteiger partial charge in [-0.2, -0.15) is 0 Å². The van der Waals surface area contributed by atoms with Crippen LogP contribution in [0.4, 0.5) is 4.39 Å². The zero-order valence-corrected chi connectivity index (χ0v) is 15.4. The molecule has 1 heteroatoms. The Bertz CT molecular complexity index is 779. The maximum Gasteiger partial charge on any atom is 0.134 e. The molecule has 0 saturated carbocycles. The Balaban J connectivity index is 2.76. The Hall–Kier alpha value is -1.89. The van der Waals surface area contributed by atoms with E-state index in [0.29, 0.717) is 0 Å². The van der Waals surface area contributed by atoms with Gasteiger partial charge in [-0.15, -0.1) is 0 Å². The summed E-state index contributed by atoms with van der Waals surface area (Å²) in [6, 6.07) is 8.24. The lowest BCUT2D eigenvalue weighted by molar-refractivity contribution is 0.620. The van der Waals surface area contributed by atoms with Gasteiger partial charge in [-0.25, -0.2) is 4.39 Å². The molecule has 0 aromatic heterocycles. The minimum atomic E-state index is -0.0862. The van der Waals surface area contributed by atoms with Gasteiger partial charge in [-0.1, -0.05) is 36.8 Å². The van der Waals surface area contributed by atoms with E-state index in [9.17, 15) is 0 Å². The largest absolute Gasteiger partial charge is 0.206 e. The van der Waals surface area contributed by atoms with Gasteiger partial charge in [0.25, 0.3) is 0 Å². The highest BCUT2D eigenvalue weighted by molar-refractivity contribution is 5.78. The first-order chi connectivity index (χ1) is 10.8. The van der Waals surface area contributed by atoms with E-state index in [0.717, 1.165) is 39.8 Å². The first kappa shape index (κ1) is 17.5. The van der Waals surface area contributed by atoms with E-state index in [1.54, 1.807) is 0 Å². The summed E-state index contributed by atoms with van der Waals surface area (Å²) in [5.74, 6) is -0.0862. The Kier molecular flexibility index (Phi) is 5.09. The van der Waals surface area contributed by atoms with Crippen LogP contribution in [-0.2, 0) is 0 Å². The molecule has 0 aliphatic carbocycles. The van der Waals surface area contributed by atoms with Crippen molar-refractivity contribution in [2.24, 2.45) is 0 Å². The lowest BCUT2D eigenvalue weighted by Crippen LogP contribution is -2.00. The van der Waals surface area contributed by atoms with E-state index < -0.39 is 0 Å². The number of allylic oxidation sites excluding steroid dienone is 2. The molecule has 0 unspecified atom stereocenters. The van der Waals surface area contributed by atoms with Gasteiger partial charge in [0.15, 0.2) is 0 Å². The van der Waals surface area contributed by atoms with Gasteiger partial charge in [-0.3, -0.25) is 0 Å². The summed E-state index contributed by atoms with van der Waals surface area (Å²) < 4.78 is 15.2. The van der Waals surface area contributed by atoms with Gasteiger partial charge < -0.3 is 0 Å². The molecule has 0 atom stereocenters. The van der Waals surface area contributed by atoms with Crippen LogP contribution in [0.2, 0.25) is 0 Å². The quantitative estimate of drug-likeness (QED) is 0.576. The second kappa shape index (κ2) is 6.70. The smallest absolute Gasteiger partial charge is 0.134 e. The molecular weight excluding hydrogens is 283 g/mol. The number of benzene rings is 2. The summed E-state index contributed by atoms with van der Waals surface area (Å²) >= 11 is 0. The van der Waals surface area contributed by atoms with Gasteiger partial charge in [0.1, 0.15) is 5.82 Å². The lowest BCUT2D eigenvalue weighted by Gasteiger charge is -2.18. The van der Waals surface area contributed by atoms with Gasteiger partial charge in [0.05, 0.1) is 0 Å². The molecule has 23 heavy (non-hydrogen) atoms. The number of rotatable bonds is 3. The van der Waals surface area contributed by atoms with Gasteiger partial charge >= 0.3 is 0 Å². The molecule has 0 N–H and O–H groups in total.